The van der Waals surface area contributed by atoms with Crippen molar-refractivity contribution in [2.24, 2.45) is 0 Å². The van der Waals surface area contributed by atoms with Crippen LogP contribution in [-0.4, -0.2) is 18.1 Å². The summed E-state index contributed by atoms with van der Waals surface area (Å²) in [6.45, 7) is 6.05. The molecule has 0 unspecified atom stereocenters. The predicted octanol–water partition coefficient (Wildman–Crippen LogP) is 3.17. The highest BCUT2D eigenvalue weighted by molar-refractivity contribution is 5.81. The number of hydrogen-bond donors (Lipinski definition) is 1. The van der Waals surface area contributed by atoms with Gasteiger partial charge in [-0.3, -0.25) is 4.98 Å². The Kier molecular flexibility index (Phi) is 3.89. The topological polar surface area (TPSA) is 24.9 Å². The molecule has 0 amide bonds. The molecule has 1 N–H and O–H groups in total. The fourth-order valence-electron chi connectivity index (χ4n) is 1.77. The summed E-state index contributed by atoms with van der Waals surface area (Å²) in [5.41, 5.74) is 3.35. The first-order valence-electron chi connectivity index (χ1n) is 6.04. The number of fused-ring (bicyclic) bond motifs is 1. The van der Waals surface area contributed by atoms with E-state index in [9.17, 15) is 0 Å². The van der Waals surface area contributed by atoms with Crippen molar-refractivity contribution in [2.75, 3.05) is 13.1 Å². The Balaban J connectivity index is 2.20. The Morgan fingerprint density at radius 2 is 2.12 bits per heavy atom. The van der Waals surface area contributed by atoms with Gasteiger partial charge in [0.2, 0.25) is 0 Å². The third-order valence-corrected chi connectivity index (χ3v) is 2.67. The molecule has 2 aromatic rings. The summed E-state index contributed by atoms with van der Waals surface area (Å²) in [7, 11) is 0. The smallest absolute Gasteiger partial charge is 0.0705 e. The second-order valence-corrected chi connectivity index (χ2v) is 4.11. The maximum absolute atomic E-state index is 4.49. The van der Waals surface area contributed by atoms with Gasteiger partial charge in [-0.25, -0.2) is 0 Å². The molecular formula is C15H18N2. The SMILES string of the molecule is CCNC/C=C/c1ccc2nc(C)ccc2c1. The predicted molar refractivity (Wildman–Crippen MR) is 74.1 cm³/mol. The molecule has 0 aliphatic carbocycles. The van der Waals surface area contributed by atoms with Gasteiger partial charge in [-0.2, -0.15) is 0 Å². The Labute approximate surface area is 102 Å². The summed E-state index contributed by atoms with van der Waals surface area (Å²) in [6, 6.07) is 10.5. The highest BCUT2D eigenvalue weighted by Crippen LogP contribution is 2.15. The van der Waals surface area contributed by atoms with Crippen LogP contribution in [0.25, 0.3) is 17.0 Å². The zero-order chi connectivity index (χ0) is 12.1. The molecule has 1 heterocycles. The summed E-state index contributed by atoms with van der Waals surface area (Å²) in [5, 5.41) is 4.46. The van der Waals surface area contributed by atoms with Crippen LogP contribution in [0.1, 0.15) is 18.2 Å². The Bertz CT molecular complexity index is 529. The molecular weight excluding hydrogens is 208 g/mol. The van der Waals surface area contributed by atoms with Gasteiger partial charge in [0.1, 0.15) is 0 Å². The molecule has 2 rings (SSSR count). The summed E-state index contributed by atoms with van der Waals surface area (Å²) in [5.74, 6) is 0. The molecule has 1 aromatic carbocycles. The van der Waals surface area contributed by atoms with Gasteiger partial charge in [0, 0.05) is 17.6 Å². The van der Waals surface area contributed by atoms with Crippen molar-refractivity contribution in [3.63, 3.8) is 0 Å². The monoisotopic (exact) mass is 226 g/mol. The van der Waals surface area contributed by atoms with Gasteiger partial charge in [-0.05, 0) is 37.2 Å². The van der Waals surface area contributed by atoms with Crippen LogP contribution in [0.5, 0.6) is 0 Å². The van der Waals surface area contributed by atoms with Crippen LogP contribution in [0.4, 0.5) is 0 Å². The maximum Gasteiger partial charge on any atom is 0.0705 e. The Morgan fingerprint density at radius 1 is 1.24 bits per heavy atom. The molecule has 0 spiro atoms. The van der Waals surface area contributed by atoms with Gasteiger partial charge in [0.25, 0.3) is 0 Å². The second kappa shape index (κ2) is 5.60. The highest BCUT2D eigenvalue weighted by Gasteiger charge is 1.95. The lowest BCUT2D eigenvalue weighted by atomic mass is 10.1. The van der Waals surface area contributed by atoms with Crippen LogP contribution in [0.15, 0.2) is 36.4 Å². The van der Waals surface area contributed by atoms with E-state index in [1.807, 2.05) is 6.92 Å². The molecule has 0 saturated carbocycles. The van der Waals surface area contributed by atoms with E-state index in [0.29, 0.717) is 0 Å². The maximum atomic E-state index is 4.49. The quantitative estimate of drug-likeness (QED) is 0.810. The van der Waals surface area contributed by atoms with Crippen molar-refractivity contribution in [1.82, 2.24) is 10.3 Å². The number of nitrogens with zero attached hydrogens (tertiary/aromatic N) is 1. The molecule has 17 heavy (non-hydrogen) atoms. The van der Waals surface area contributed by atoms with E-state index in [2.05, 4.69) is 59.7 Å². The van der Waals surface area contributed by atoms with Crippen LogP contribution >= 0.6 is 0 Å². The molecule has 88 valence electrons. The number of likely N-dealkylation sites (N-methyl/N-ethyl adjacent to an activating group) is 1. The molecule has 0 aliphatic heterocycles. The van der Waals surface area contributed by atoms with Gasteiger partial charge in [0.15, 0.2) is 0 Å². The van der Waals surface area contributed by atoms with Crippen molar-refractivity contribution < 1.29 is 0 Å². The van der Waals surface area contributed by atoms with Gasteiger partial charge in [-0.15, -0.1) is 0 Å². The molecule has 0 bridgehead atoms. The average Bonchev–Trinajstić information content (AvgIpc) is 2.35. The number of pyridine rings is 1. The molecule has 1 aromatic heterocycles. The van der Waals surface area contributed by atoms with E-state index in [0.717, 1.165) is 24.3 Å². The summed E-state index contributed by atoms with van der Waals surface area (Å²) in [6.07, 6.45) is 4.29. The lowest BCUT2D eigenvalue weighted by molar-refractivity contribution is 0.801. The third-order valence-electron chi connectivity index (χ3n) is 2.67. The van der Waals surface area contributed by atoms with Gasteiger partial charge < -0.3 is 5.32 Å². The fraction of sp³-hybridized carbons (Fsp3) is 0.267. The van der Waals surface area contributed by atoms with Crippen molar-refractivity contribution in [3.05, 3.63) is 47.7 Å². The minimum absolute atomic E-state index is 0.917. The summed E-state index contributed by atoms with van der Waals surface area (Å²) >= 11 is 0. The van der Waals surface area contributed by atoms with Crippen molar-refractivity contribution in [2.45, 2.75) is 13.8 Å². The van der Waals surface area contributed by atoms with Crippen LogP contribution in [0, 0.1) is 6.92 Å². The van der Waals surface area contributed by atoms with Crippen LogP contribution < -0.4 is 5.32 Å². The van der Waals surface area contributed by atoms with E-state index >= 15 is 0 Å². The number of rotatable bonds is 4. The van der Waals surface area contributed by atoms with Crippen LogP contribution in [0.3, 0.4) is 0 Å². The first-order chi connectivity index (χ1) is 8.29. The lowest BCUT2D eigenvalue weighted by Crippen LogP contribution is -2.11. The first kappa shape index (κ1) is 11.8. The average molecular weight is 226 g/mol. The largest absolute Gasteiger partial charge is 0.314 e. The first-order valence-corrected chi connectivity index (χ1v) is 6.04. The standard InChI is InChI=1S/C15H18N2/c1-3-16-10-4-5-13-7-9-15-14(11-13)8-6-12(2)17-15/h4-9,11,16H,3,10H2,1-2H3/b5-4+. The summed E-state index contributed by atoms with van der Waals surface area (Å²) in [4.78, 5) is 4.49. The number of aryl methyl sites for hydroxylation is 1. The van der Waals surface area contributed by atoms with E-state index < -0.39 is 0 Å². The highest BCUT2D eigenvalue weighted by atomic mass is 14.8. The number of hydrogen-bond acceptors (Lipinski definition) is 2. The fourth-order valence-corrected chi connectivity index (χ4v) is 1.77. The van der Waals surface area contributed by atoms with Crippen molar-refractivity contribution >= 4 is 17.0 Å². The summed E-state index contributed by atoms with van der Waals surface area (Å²) < 4.78 is 0. The third kappa shape index (κ3) is 3.14. The number of aromatic nitrogens is 1. The number of nitrogens with one attached hydrogen (secondary N) is 1. The minimum atomic E-state index is 0.917. The zero-order valence-electron chi connectivity index (χ0n) is 10.4. The normalized spacial score (nSPS) is 11.4. The molecule has 0 saturated heterocycles. The van der Waals surface area contributed by atoms with Gasteiger partial charge in [-0.1, -0.05) is 31.2 Å². The molecule has 0 radical (unpaired) electrons. The van der Waals surface area contributed by atoms with E-state index in [1.165, 1.54) is 10.9 Å². The van der Waals surface area contributed by atoms with Gasteiger partial charge in [0.05, 0.1) is 5.52 Å². The van der Waals surface area contributed by atoms with E-state index in [4.69, 9.17) is 0 Å². The molecule has 0 atom stereocenters. The van der Waals surface area contributed by atoms with Crippen LogP contribution in [0.2, 0.25) is 0 Å². The van der Waals surface area contributed by atoms with Crippen LogP contribution in [-0.2, 0) is 0 Å². The molecule has 2 heteroatoms. The van der Waals surface area contributed by atoms with Crippen molar-refractivity contribution in [1.29, 1.82) is 0 Å². The Hall–Kier alpha value is -1.67. The molecule has 0 fully saturated rings. The number of benzene rings is 1. The van der Waals surface area contributed by atoms with E-state index in [1.54, 1.807) is 0 Å². The minimum Gasteiger partial charge on any atom is -0.314 e. The van der Waals surface area contributed by atoms with Gasteiger partial charge >= 0.3 is 0 Å². The Morgan fingerprint density at radius 3 is 2.94 bits per heavy atom. The van der Waals surface area contributed by atoms with Crippen molar-refractivity contribution in [3.8, 4) is 0 Å². The zero-order valence-corrected chi connectivity index (χ0v) is 10.4. The molecule has 2 nitrogen and oxygen atoms in total. The lowest BCUT2D eigenvalue weighted by Gasteiger charge is -2.00. The second-order valence-electron chi connectivity index (χ2n) is 4.11. The molecule has 0 aliphatic rings. The van der Waals surface area contributed by atoms with E-state index in [-0.39, 0.29) is 0 Å².